The summed E-state index contributed by atoms with van der Waals surface area (Å²) in [5.74, 6) is -0.975. The maximum Gasteiger partial charge on any atom is 0.355 e. The van der Waals surface area contributed by atoms with Crippen molar-refractivity contribution in [3.8, 4) is 0 Å². The minimum Gasteiger partial charge on any atom is -0.476 e. The van der Waals surface area contributed by atoms with Crippen LogP contribution in [-0.4, -0.2) is 34.8 Å². The molecule has 1 atom stereocenters. The van der Waals surface area contributed by atoms with Gasteiger partial charge in [-0.05, 0) is 26.7 Å². The van der Waals surface area contributed by atoms with Crippen LogP contribution in [0, 0.1) is 6.92 Å². The number of nitrogens with one attached hydrogen (secondary N) is 1. The van der Waals surface area contributed by atoms with Gasteiger partial charge in [0.2, 0.25) is 0 Å². The number of aromatic nitrogens is 1. The third-order valence-corrected chi connectivity index (χ3v) is 3.73. The van der Waals surface area contributed by atoms with Crippen LogP contribution in [0.4, 0.5) is 5.13 Å². The molecule has 6 heteroatoms. The van der Waals surface area contributed by atoms with Crippen molar-refractivity contribution in [3.63, 3.8) is 0 Å². The molecule has 1 fully saturated rings. The van der Waals surface area contributed by atoms with Crippen molar-refractivity contribution in [1.29, 1.82) is 0 Å². The summed E-state index contributed by atoms with van der Waals surface area (Å²) in [6.45, 7) is 5.28. The minimum absolute atomic E-state index is 0.137. The third-order valence-electron chi connectivity index (χ3n) is 2.85. The van der Waals surface area contributed by atoms with Crippen LogP contribution < -0.4 is 5.32 Å². The average molecular weight is 256 g/mol. The lowest BCUT2D eigenvalue weighted by atomic mass is 9.95. The molecule has 1 aromatic heterocycles. The number of rotatable bonds is 3. The molecule has 1 aromatic rings. The fourth-order valence-corrected chi connectivity index (χ4v) is 2.89. The highest BCUT2D eigenvalue weighted by atomic mass is 32.1. The van der Waals surface area contributed by atoms with Crippen LogP contribution in [0.3, 0.4) is 0 Å². The second-order valence-electron chi connectivity index (χ2n) is 4.57. The number of carbonyl (C=O) groups is 1. The molecular formula is C11H16N2O3S. The molecule has 1 saturated heterocycles. The lowest BCUT2D eigenvalue weighted by Gasteiger charge is -2.34. The number of carboxylic acid groups (broad SMARTS) is 1. The first-order valence-electron chi connectivity index (χ1n) is 5.57. The zero-order valence-electron chi connectivity index (χ0n) is 9.95. The molecule has 0 aliphatic carbocycles. The van der Waals surface area contributed by atoms with Crippen LogP contribution in [0.2, 0.25) is 0 Å². The van der Waals surface area contributed by atoms with Gasteiger partial charge in [0.25, 0.3) is 0 Å². The van der Waals surface area contributed by atoms with Crippen LogP contribution in [-0.2, 0) is 4.74 Å². The van der Waals surface area contributed by atoms with Gasteiger partial charge in [-0.2, -0.15) is 0 Å². The highest BCUT2D eigenvalue weighted by molar-refractivity contribution is 7.15. The first-order valence-corrected chi connectivity index (χ1v) is 6.38. The Balaban J connectivity index is 2.13. The molecule has 0 saturated carbocycles. The Kier molecular flexibility index (Phi) is 3.35. The third kappa shape index (κ3) is 2.76. The first kappa shape index (κ1) is 12.3. The van der Waals surface area contributed by atoms with E-state index in [0.717, 1.165) is 24.3 Å². The molecule has 0 bridgehead atoms. The Bertz CT molecular complexity index is 424. The lowest BCUT2D eigenvalue weighted by Crippen LogP contribution is -2.43. The summed E-state index contributed by atoms with van der Waals surface area (Å²) >= 11 is 1.38. The summed E-state index contributed by atoms with van der Waals surface area (Å²) in [5, 5.41) is 12.9. The first-order chi connectivity index (χ1) is 8.00. The number of thiazole rings is 1. The number of nitrogens with zero attached hydrogens (tertiary/aromatic N) is 1. The summed E-state index contributed by atoms with van der Waals surface area (Å²) in [4.78, 5) is 15.7. The number of aryl methyl sites for hydroxylation is 1. The van der Waals surface area contributed by atoms with E-state index in [4.69, 9.17) is 9.84 Å². The molecule has 2 rings (SSSR count). The molecule has 17 heavy (non-hydrogen) atoms. The maximum atomic E-state index is 10.9. The number of carboxylic acids is 1. The van der Waals surface area contributed by atoms with Crippen molar-refractivity contribution < 1.29 is 14.6 Å². The van der Waals surface area contributed by atoms with Gasteiger partial charge in [0.1, 0.15) is 0 Å². The van der Waals surface area contributed by atoms with E-state index in [1.54, 1.807) is 6.92 Å². The van der Waals surface area contributed by atoms with Gasteiger partial charge in [0.15, 0.2) is 10.8 Å². The van der Waals surface area contributed by atoms with Crippen LogP contribution in [0.25, 0.3) is 0 Å². The van der Waals surface area contributed by atoms with Gasteiger partial charge < -0.3 is 15.2 Å². The molecule has 2 heterocycles. The Morgan fingerprint density at radius 2 is 2.41 bits per heavy atom. The second-order valence-corrected chi connectivity index (χ2v) is 5.77. The summed E-state index contributed by atoms with van der Waals surface area (Å²) in [6.07, 6.45) is 2.02. The van der Waals surface area contributed by atoms with Crippen LogP contribution in [0.15, 0.2) is 0 Å². The van der Waals surface area contributed by atoms with E-state index in [1.165, 1.54) is 11.3 Å². The number of ether oxygens (including phenoxy) is 1. The molecule has 1 aliphatic rings. The highest BCUT2D eigenvalue weighted by Gasteiger charge is 2.29. The predicted molar refractivity (Wildman–Crippen MR) is 65.9 cm³/mol. The number of anilines is 1. The molecule has 0 spiro atoms. The van der Waals surface area contributed by atoms with Gasteiger partial charge in [0, 0.05) is 11.5 Å². The van der Waals surface area contributed by atoms with E-state index in [0.29, 0.717) is 11.7 Å². The van der Waals surface area contributed by atoms with Crippen molar-refractivity contribution in [1.82, 2.24) is 4.98 Å². The van der Waals surface area contributed by atoms with E-state index in [-0.39, 0.29) is 11.2 Å². The van der Waals surface area contributed by atoms with Crippen molar-refractivity contribution in [2.75, 3.05) is 18.5 Å². The lowest BCUT2D eigenvalue weighted by molar-refractivity contribution is 0.0540. The van der Waals surface area contributed by atoms with Crippen LogP contribution in [0.1, 0.15) is 35.1 Å². The van der Waals surface area contributed by atoms with Gasteiger partial charge >= 0.3 is 5.97 Å². The molecule has 0 radical (unpaired) electrons. The minimum atomic E-state index is -0.975. The Morgan fingerprint density at radius 3 is 2.94 bits per heavy atom. The predicted octanol–water partition coefficient (Wildman–Crippen LogP) is 2.13. The number of hydrogen-bond donors (Lipinski definition) is 2. The monoisotopic (exact) mass is 256 g/mol. The normalized spacial score (nSPS) is 24.6. The average Bonchev–Trinajstić information content (AvgIpc) is 2.59. The van der Waals surface area contributed by atoms with Crippen molar-refractivity contribution in [2.45, 2.75) is 32.2 Å². The summed E-state index contributed by atoms with van der Waals surface area (Å²) in [7, 11) is 0. The highest BCUT2D eigenvalue weighted by Crippen LogP contribution is 2.28. The van der Waals surface area contributed by atoms with E-state index >= 15 is 0 Å². The molecule has 1 unspecified atom stereocenters. The molecule has 2 N–H and O–H groups in total. The van der Waals surface area contributed by atoms with Crippen molar-refractivity contribution >= 4 is 22.4 Å². The van der Waals surface area contributed by atoms with Crippen LogP contribution >= 0.6 is 11.3 Å². The number of hydrogen-bond acceptors (Lipinski definition) is 5. The van der Waals surface area contributed by atoms with Gasteiger partial charge in [-0.25, -0.2) is 9.78 Å². The quantitative estimate of drug-likeness (QED) is 0.866. The van der Waals surface area contributed by atoms with Gasteiger partial charge in [-0.1, -0.05) is 0 Å². The van der Waals surface area contributed by atoms with E-state index in [9.17, 15) is 4.79 Å². The molecule has 0 amide bonds. The maximum absolute atomic E-state index is 10.9. The van der Waals surface area contributed by atoms with Gasteiger partial charge in [0.05, 0.1) is 12.1 Å². The Labute approximate surface area is 104 Å². The van der Waals surface area contributed by atoms with Crippen LogP contribution in [0.5, 0.6) is 0 Å². The summed E-state index contributed by atoms with van der Waals surface area (Å²) in [5.41, 5.74) is -0.00368. The molecule has 5 nitrogen and oxygen atoms in total. The zero-order chi connectivity index (χ0) is 12.5. The Morgan fingerprint density at radius 1 is 1.65 bits per heavy atom. The molecule has 0 aromatic carbocycles. The van der Waals surface area contributed by atoms with Gasteiger partial charge in [-0.15, -0.1) is 11.3 Å². The summed E-state index contributed by atoms with van der Waals surface area (Å²) in [6, 6.07) is 0. The largest absolute Gasteiger partial charge is 0.476 e. The van der Waals surface area contributed by atoms with E-state index in [2.05, 4.69) is 17.2 Å². The topological polar surface area (TPSA) is 71.5 Å². The Hall–Kier alpha value is -1.14. The van der Waals surface area contributed by atoms with E-state index < -0.39 is 5.97 Å². The smallest absolute Gasteiger partial charge is 0.355 e. The fourth-order valence-electron chi connectivity index (χ4n) is 1.94. The SMILES string of the molecule is Cc1sc(NC2(C)CCCOC2)nc1C(=O)O. The molecule has 94 valence electrons. The number of aromatic carboxylic acids is 1. The van der Waals surface area contributed by atoms with Crippen molar-refractivity contribution in [3.05, 3.63) is 10.6 Å². The molecule has 1 aliphatic heterocycles. The van der Waals surface area contributed by atoms with Gasteiger partial charge in [-0.3, -0.25) is 0 Å². The fraction of sp³-hybridized carbons (Fsp3) is 0.636. The van der Waals surface area contributed by atoms with Crippen molar-refractivity contribution in [2.24, 2.45) is 0 Å². The standard InChI is InChI=1S/C11H16N2O3S/c1-7-8(9(14)15)12-10(17-7)13-11(2)4-3-5-16-6-11/h3-6H2,1-2H3,(H,12,13)(H,14,15). The molecular weight excluding hydrogens is 240 g/mol. The van der Waals surface area contributed by atoms with E-state index in [1.807, 2.05) is 0 Å². The zero-order valence-corrected chi connectivity index (χ0v) is 10.8. The summed E-state index contributed by atoms with van der Waals surface area (Å²) < 4.78 is 5.44. The second kappa shape index (κ2) is 4.62.